The van der Waals surface area contributed by atoms with E-state index in [4.69, 9.17) is 0 Å². The molecule has 2 aromatic carbocycles. The molecule has 1 aliphatic heterocycles. The second-order valence-electron chi connectivity index (χ2n) is 5.64. The molecule has 0 bridgehead atoms. The van der Waals surface area contributed by atoms with E-state index in [2.05, 4.69) is 0 Å². The van der Waals surface area contributed by atoms with Gasteiger partial charge in [0, 0.05) is 11.3 Å². The summed E-state index contributed by atoms with van der Waals surface area (Å²) in [6.07, 6.45) is -11.6. The lowest BCUT2D eigenvalue weighted by molar-refractivity contribution is -0.289. The molecule has 0 fully saturated rings. The molecule has 0 aliphatic carbocycles. The van der Waals surface area contributed by atoms with Crippen LogP contribution < -0.4 is 4.90 Å². The summed E-state index contributed by atoms with van der Waals surface area (Å²) in [5.74, 6) is -2.03. The average Bonchev–Trinajstić information content (AvgIpc) is 2.77. The normalized spacial score (nSPS) is 16.9. The lowest BCUT2D eigenvalue weighted by Gasteiger charge is -2.32. The second-order valence-corrected chi connectivity index (χ2v) is 5.64. The van der Waals surface area contributed by atoms with Crippen molar-refractivity contribution in [2.75, 3.05) is 4.90 Å². The minimum absolute atomic E-state index is 0.383. The maximum absolute atomic E-state index is 13.6. The number of nitrogens with zero attached hydrogens (tertiary/aromatic N) is 1. The summed E-state index contributed by atoms with van der Waals surface area (Å²) < 4.78 is 81.5. The third kappa shape index (κ3) is 2.39. The van der Waals surface area contributed by atoms with Crippen molar-refractivity contribution in [2.24, 2.45) is 0 Å². The van der Waals surface area contributed by atoms with Crippen LogP contribution in [0.1, 0.15) is 11.1 Å². The van der Waals surface area contributed by atoms with Crippen LogP contribution in [0, 0.1) is 0 Å². The van der Waals surface area contributed by atoms with Gasteiger partial charge in [-0.3, -0.25) is 4.79 Å². The van der Waals surface area contributed by atoms with E-state index in [1.54, 1.807) is 18.2 Å². The summed E-state index contributed by atoms with van der Waals surface area (Å²) in [6, 6.07) is 12.0. The van der Waals surface area contributed by atoms with Crippen molar-refractivity contribution in [3.63, 3.8) is 0 Å². The zero-order valence-electron chi connectivity index (χ0n) is 12.5. The van der Waals surface area contributed by atoms with Crippen LogP contribution in [0.2, 0.25) is 0 Å². The summed E-state index contributed by atoms with van der Waals surface area (Å²) in [5, 5.41) is 0. The minimum Gasteiger partial charge on any atom is -0.306 e. The molecule has 0 radical (unpaired) electrons. The first-order valence-corrected chi connectivity index (χ1v) is 7.19. The van der Waals surface area contributed by atoms with Gasteiger partial charge in [0.2, 0.25) is 0 Å². The predicted molar refractivity (Wildman–Crippen MR) is 77.9 cm³/mol. The fraction of sp³-hybridized carbons (Fsp3) is 0.235. The number of hydrogen-bond donors (Lipinski definition) is 0. The molecule has 2 aromatic rings. The quantitative estimate of drug-likeness (QED) is 0.718. The average molecular weight is 359 g/mol. The molecule has 0 atom stereocenters. The molecule has 2 nitrogen and oxygen atoms in total. The van der Waals surface area contributed by atoms with E-state index in [1.165, 1.54) is 18.2 Å². The third-order valence-corrected chi connectivity index (χ3v) is 4.20. The van der Waals surface area contributed by atoms with Gasteiger partial charge in [0.1, 0.15) is 0 Å². The number of rotatable bonds is 2. The van der Waals surface area contributed by atoms with Crippen LogP contribution in [0.4, 0.5) is 32.0 Å². The Morgan fingerprint density at radius 1 is 0.800 bits per heavy atom. The van der Waals surface area contributed by atoms with Crippen LogP contribution in [0.5, 0.6) is 0 Å². The number of carbonyl (C=O) groups is 1. The molecule has 1 heterocycles. The zero-order valence-corrected chi connectivity index (χ0v) is 12.5. The SMILES string of the molecule is O=C1N(Cc2ccccc2)c2ccccc2C1(C(F)(F)F)C(F)(F)F. The second kappa shape index (κ2) is 5.50. The predicted octanol–water partition coefficient (Wildman–Crippen LogP) is 4.60. The van der Waals surface area contributed by atoms with Crippen molar-refractivity contribution < 1.29 is 31.1 Å². The molecular formula is C17H11F6NO. The first-order valence-electron chi connectivity index (χ1n) is 7.19. The van der Waals surface area contributed by atoms with E-state index in [1.807, 2.05) is 0 Å². The van der Waals surface area contributed by atoms with Gasteiger partial charge >= 0.3 is 12.4 Å². The Labute approximate surface area is 138 Å². The Kier molecular flexibility index (Phi) is 3.81. The molecule has 0 N–H and O–H groups in total. The molecule has 1 amide bonds. The highest BCUT2D eigenvalue weighted by Gasteiger charge is 2.80. The molecular weight excluding hydrogens is 348 g/mol. The van der Waals surface area contributed by atoms with Crippen LogP contribution in [-0.4, -0.2) is 18.3 Å². The maximum Gasteiger partial charge on any atom is 0.416 e. The lowest BCUT2D eigenvalue weighted by Crippen LogP contribution is -2.59. The smallest absolute Gasteiger partial charge is 0.306 e. The summed E-state index contributed by atoms with van der Waals surface area (Å²) in [5.41, 5.74) is -5.60. The molecule has 0 spiro atoms. The van der Waals surface area contributed by atoms with Crippen LogP contribution in [0.25, 0.3) is 0 Å². The van der Waals surface area contributed by atoms with E-state index < -0.39 is 29.2 Å². The Balaban J connectivity index is 2.22. The molecule has 1 aliphatic rings. The fourth-order valence-electron chi connectivity index (χ4n) is 3.08. The van der Waals surface area contributed by atoms with Gasteiger partial charge in [-0.25, -0.2) is 0 Å². The minimum atomic E-state index is -5.82. The van der Waals surface area contributed by atoms with Gasteiger partial charge in [-0.2, -0.15) is 26.3 Å². The number of halogens is 6. The highest BCUT2D eigenvalue weighted by molar-refractivity contribution is 6.09. The maximum atomic E-state index is 13.6. The van der Waals surface area contributed by atoms with Gasteiger partial charge in [-0.1, -0.05) is 48.5 Å². The number of alkyl halides is 6. The lowest BCUT2D eigenvalue weighted by atomic mass is 9.80. The van der Waals surface area contributed by atoms with Crippen molar-refractivity contribution in [2.45, 2.75) is 24.3 Å². The van der Waals surface area contributed by atoms with Crippen LogP contribution >= 0.6 is 0 Å². The van der Waals surface area contributed by atoms with Crippen molar-refractivity contribution in [1.29, 1.82) is 0 Å². The Morgan fingerprint density at radius 3 is 1.88 bits per heavy atom. The molecule has 0 saturated carbocycles. The van der Waals surface area contributed by atoms with Gasteiger partial charge in [0.15, 0.2) is 0 Å². The Bertz CT molecular complexity index is 783. The van der Waals surface area contributed by atoms with Crippen molar-refractivity contribution >= 4 is 11.6 Å². The highest BCUT2D eigenvalue weighted by Crippen LogP contribution is 2.59. The number of benzene rings is 2. The van der Waals surface area contributed by atoms with Gasteiger partial charge in [0.05, 0.1) is 6.54 Å². The van der Waals surface area contributed by atoms with Gasteiger partial charge in [-0.15, -0.1) is 0 Å². The first-order chi connectivity index (χ1) is 11.6. The standard InChI is InChI=1S/C17H11F6NO/c18-16(19,20)15(17(21,22)23)12-8-4-5-9-13(12)24(14(15)25)10-11-6-2-1-3-7-11/h1-9H,10H2. The Hall–Kier alpha value is -2.51. The number of hydrogen-bond acceptors (Lipinski definition) is 1. The largest absolute Gasteiger partial charge is 0.416 e. The zero-order chi connectivity index (χ0) is 18.5. The fourth-order valence-corrected chi connectivity index (χ4v) is 3.08. The summed E-state index contributed by atoms with van der Waals surface area (Å²) in [6.45, 7) is -0.384. The number of carbonyl (C=O) groups excluding carboxylic acids is 1. The first kappa shape index (κ1) is 17.3. The Morgan fingerprint density at radius 2 is 1.32 bits per heavy atom. The molecule has 0 aromatic heterocycles. The van der Waals surface area contributed by atoms with E-state index in [0.717, 1.165) is 12.1 Å². The van der Waals surface area contributed by atoms with E-state index in [0.29, 0.717) is 16.5 Å². The van der Waals surface area contributed by atoms with Crippen LogP contribution in [0.3, 0.4) is 0 Å². The molecule has 132 valence electrons. The molecule has 0 saturated heterocycles. The number of fused-ring (bicyclic) bond motifs is 1. The topological polar surface area (TPSA) is 20.3 Å². The van der Waals surface area contributed by atoms with Crippen molar-refractivity contribution in [3.05, 3.63) is 65.7 Å². The van der Waals surface area contributed by atoms with Crippen molar-refractivity contribution in [3.8, 4) is 0 Å². The molecule has 3 rings (SSSR count). The highest BCUT2D eigenvalue weighted by atomic mass is 19.4. The van der Waals surface area contributed by atoms with Gasteiger partial charge in [-0.05, 0) is 11.6 Å². The van der Waals surface area contributed by atoms with Crippen LogP contribution in [0.15, 0.2) is 54.6 Å². The number of amides is 1. The van der Waals surface area contributed by atoms with Crippen molar-refractivity contribution in [1.82, 2.24) is 0 Å². The van der Waals surface area contributed by atoms with Gasteiger partial charge in [0.25, 0.3) is 11.3 Å². The number of para-hydroxylation sites is 1. The summed E-state index contributed by atoms with van der Waals surface area (Å²) in [4.78, 5) is 13.0. The summed E-state index contributed by atoms with van der Waals surface area (Å²) in [7, 11) is 0. The summed E-state index contributed by atoms with van der Waals surface area (Å²) >= 11 is 0. The van der Waals surface area contributed by atoms with Crippen LogP contribution in [-0.2, 0) is 16.8 Å². The third-order valence-electron chi connectivity index (χ3n) is 4.20. The van der Waals surface area contributed by atoms with E-state index in [-0.39, 0.29) is 12.2 Å². The number of anilines is 1. The monoisotopic (exact) mass is 359 g/mol. The molecule has 0 unspecified atom stereocenters. The van der Waals surface area contributed by atoms with Gasteiger partial charge < -0.3 is 4.90 Å². The van der Waals surface area contributed by atoms with E-state index in [9.17, 15) is 31.1 Å². The van der Waals surface area contributed by atoms with E-state index >= 15 is 0 Å². The molecule has 25 heavy (non-hydrogen) atoms. The molecule has 8 heteroatoms.